The molecule has 1 aliphatic rings. The maximum Gasteiger partial charge on any atom is 0.0931 e. The number of hydrogen-bond donors (Lipinski definition) is 1. The van der Waals surface area contributed by atoms with E-state index in [2.05, 4.69) is 40.7 Å². The normalized spacial score (nSPS) is 16.5. The molecule has 0 aliphatic heterocycles. The van der Waals surface area contributed by atoms with Gasteiger partial charge in [0.15, 0.2) is 0 Å². The summed E-state index contributed by atoms with van der Waals surface area (Å²) in [5.41, 5.74) is 0. The van der Waals surface area contributed by atoms with Crippen LogP contribution in [-0.2, 0) is 0 Å². The predicted molar refractivity (Wildman–Crippen MR) is 93.8 cm³/mol. The summed E-state index contributed by atoms with van der Waals surface area (Å²) in [6.07, 6.45) is 2.76. The predicted octanol–water partition coefficient (Wildman–Crippen LogP) is 4.63. The van der Waals surface area contributed by atoms with Crippen molar-refractivity contribution in [3.63, 3.8) is 0 Å². The van der Waals surface area contributed by atoms with Gasteiger partial charge in [-0.2, -0.15) is 0 Å². The maximum absolute atomic E-state index is 6.11. The molecule has 5 heteroatoms. The lowest BCUT2D eigenvalue weighted by atomic mass is 10.2. The highest BCUT2D eigenvalue weighted by atomic mass is 35.5. The molecule has 0 bridgehead atoms. The fourth-order valence-electron chi connectivity index (χ4n) is 2.67. The van der Waals surface area contributed by atoms with Gasteiger partial charge in [0.2, 0.25) is 0 Å². The molecular formula is C16H21ClN2S2. The zero-order valence-electron chi connectivity index (χ0n) is 12.2. The average Bonchev–Trinajstić information content (AvgIpc) is 3.00. The highest BCUT2D eigenvalue weighted by Gasteiger charge is 2.27. The van der Waals surface area contributed by atoms with E-state index >= 15 is 0 Å². The lowest BCUT2D eigenvalue weighted by Crippen LogP contribution is -2.35. The molecule has 2 nitrogen and oxygen atoms in total. The number of nitrogens with zero attached hydrogens (tertiary/aromatic N) is 1. The minimum Gasteiger partial charge on any atom is -0.304 e. The number of hydrogen-bond acceptors (Lipinski definition) is 4. The lowest BCUT2D eigenvalue weighted by Gasteiger charge is -2.22. The van der Waals surface area contributed by atoms with Crippen molar-refractivity contribution < 1.29 is 0 Å². The summed E-state index contributed by atoms with van der Waals surface area (Å²) in [7, 11) is 0. The van der Waals surface area contributed by atoms with Gasteiger partial charge in [-0.15, -0.1) is 22.7 Å². The van der Waals surface area contributed by atoms with Crippen LogP contribution < -0.4 is 5.32 Å². The molecule has 1 fully saturated rings. The molecule has 0 radical (unpaired) electrons. The minimum atomic E-state index is 0.278. The second kappa shape index (κ2) is 7.25. The van der Waals surface area contributed by atoms with Crippen molar-refractivity contribution >= 4 is 34.3 Å². The molecule has 1 saturated carbocycles. The summed E-state index contributed by atoms with van der Waals surface area (Å²) in [4.78, 5) is 5.25. The van der Waals surface area contributed by atoms with E-state index in [1.54, 1.807) is 22.7 Å². The third-order valence-corrected chi connectivity index (χ3v) is 6.16. The molecule has 114 valence electrons. The van der Waals surface area contributed by atoms with Gasteiger partial charge < -0.3 is 5.32 Å². The van der Waals surface area contributed by atoms with Gasteiger partial charge in [-0.25, -0.2) is 0 Å². The Morgan fingerprint density at radius 2 is 2.19 bits per heavy atom. The molecule has 0 aromatic carbocycles. The standard InChI is InChI=1S/C16H21ClN2S2/c1-2-19(12-5-6-12)10-9-18-16(13-4-3-11-20-13)14-7-8-15(17)21-14/h3-4,7-8,11-12,16,18H,2,5-6,9-10H2,1H3. The summed E-state index contributed by atoms with van der Waals surface area (Å²) in [5, 5.41) is 5.86. The molecule has 2 aromatic heterocycles. The van der Waals surface area contributed by atoms with E-state index in [0.29, 0.717) is 0 Å². The number of thiophene rings is 2. The molecule has 0 spiro atoms. The second-order valence-electron chi connectivity index (χ2n) is 5.40. The van der Waals surface area contributed by atoms with Crippen molar-refractivity contribution in [2.45, 2.75) is 31.8 Å². The van der Waals surface area contributed by atoms with E-state index in [1.807, 2.05) is 6.07 Å². The van der Waals surface area contributed by atoms with E-state index in [0.717, 1.165) is 30.0 Å². The highest BCUT2D eigenvalue weighted by Crippen LogP contribution is 2.33. The van der Waals surface area contributed by atoms with Crippen LogP contribution in [0.1, 0.15) is 35.6 Å². The van der Waals surface area contributed by atoms with Crippen LogP contribution in [0, 0.1) is 0 Å². The van der Waals surface area contributed by atoms with Crippen molar-refractivity contribution in [1.82, 2.24) is 10.2 Å². The second-order valence-corrected chi connectivity index (χ2v) is 8.13. The van der Waals surface area contributed by atoms with Crippen LogP contribution in [0.3, 0.4) is 0 Å². The Kier molecular flexibility index (Phi) is 5.35. The smallest absolute Gasteiger partial charge is 0.0931 e. The molecular weight excluding hydrogens is 320 g/mol. The lowest BCUT2D eigenvalue weighted by molar-refractivity contribution is 0.275. The molecule has 1 atom stereocenters. The van der Waals surface area contributed by atoms with Gasteiger partial charge in [-0.1, -0.05) is 24.6 Å². The first kappa shape index (κ1) is 15.5. The average molecular weight is 341 g/mol. The number of nitrogens with one attached hydrogen (secondary N) is 1. The Balaban J connectivity index is 1.62. The third kappa shape index (κ3) is 4.08. The SMILES string of the molecule is CCN(CCNC(c1cccs1)c1ccc(Cl)s1)C1CC1. The largest absolute Gasteiger partial charge is 0.304 e. The summed E-state index contributed by atoms with van der Waals surface area (Å²) in [6, 6.07) is 9.57. The van der Waals surface area contributed by atoms with Crippen molar-refractivity contribution in [3.05, 3.63) is 43.7 Å². The fraction of sp³-hybridized carbons (Fsp3) is 0.500. The van der Waals surface area contributed by atoms with Gasteiger partial charge >= 0.3 is 0 Å². The molecule has 0 saturated heterocycles. The van der Waals surface area contributed by atoms with Crippen molar-refractivity contribution in [1.29, 1.82) is 0 Å². The molecule has 3 rings (SSSR count). The Bertz CT molecular complexity index is 548. The zero-order valence-corrected chi connectivity index (χ0v) is 14.6. The van der Waals surface area contributed by atoms with Crippen LogP contribution in [0.25, 0.3) is 0 Å². The number of halogens is 1. The maximum atomic E-state index is 6.11. The van der Waals surface area contributed by atoms with Crippen molar-refractivity contribution in [3.8, 4) is 0 Å². The summed E-state index contributed by atoms with van der Waals surface area (Å²) in [6.45, 7) is 5.56. The van der Waals surface area contributed by atoms with E-state index in [-0.39, 0.29) is 6.04 Å². The van der Waals surface area contributed by atoms with E-state index in [9.17, 15) is 0 Å². The zero-order chi connectivity index (χ0) is 14.7. The molecule has 1 aliphatic carbocycles. The summed E-state index contributed by atoms with van der Waals surface area (Å²) in [5.74, 6) is 0. The topological polar surface area (TPSA) is 15.3 Å². The van der Waals surface area contributed by atoms with Crippen LogP contribution in [0.15, 0.2) is 29.6 Å². The molecule has 2 heterocycles. The Labute approximate surface area is 139 Å². The van der Waals surface area contributed by atoms with Crippen LogP contribution in [0.5, 0.6) is 0 Å². The quantitative estimate of drug-likeness (QED) is 0.754. The van der Waals surface area contributed by atoms with Crippen molar-refractivity contribution in [2.75, 3.05) is 19.6 Å². The molecule has 21 heavy (non-hydrogen) atoms. The number of likely N-dealkylation sites (N-methyl/N-ethyl adjacent to an activating group) is 1. The first-order valence-electron chi connectivity index (χ1n) is 7.54. The van der Waals surface area contributed by atoms with Gasteiger partial charge in [0.05, 0.1) is 10.4 Å². The summed E-state index contributed by atoms with van der Waals surface area (Å²) >= 11 is 9.59. The van der Waals surface area contributed by atoms with Crippen molar-refractivity contribution in [2.24, 2.45) is 0 Å². The molecule has 0 amide bonds. The molecule has 1 N–H and O–H groups in total. The Hall–Kier alpha value is -0.390. The van der Waals surface area contributed by atoms with E-state index in [1.165, 1.54) is 22.6 Å². The monoisotopic (exact) mass is 340 g/mol. The highest BCUT2D eigenvalue weighted by molar-refractivity contribution is 7.16. The summed E-state index contributed by atoms with van der Waals surface area (Å²) < 4.78 is 0.863. The van der Waals surface area contributed by atoms with Crippen LogP contribution in [0.4, 0.5) is 0 Å². The van der Waals surface area contributed by atoms with Crippen LogP contribution in [-0.4, -0.2) is 30.6 Å². The van der Waals surface area contributed by atoms with Gasteiger partial charge in [-0.3, -0.25) is 4.90 Å². The fourth-order valence-corrected chi connectivity index (χ4v) is 4.72. The minimum absolute atomic E-state index is 0.278. The van der Waals surface area contributed by atoms with E-state index < -0.39 is 0 Å². The third-order valence-electron chi connectivity index (χ3n) is 3.92. The van der Waals surface area contributed by atoms with E-state index in [4.69, 9.17) is 11.6 Å². The van der Waals surface area contributed by atoms with Crippen LogP contribution in [0.2, 0.25) is 4.34 Å². The van der Waals surface area contributed by atoms with Gasteiger partial charge in [0.25, 0.3) is 0 Å². The van der Waals surface area contributed by atoms with Gasteiger partial charge in [0, 0.05) is 28.9 Å². The van der Waals surface area contributed by atoms with Crippen LogP contribution >= 0.6 is 34.3 Å². The molecule has 2 aromatic rings. The first-order chi connectivity index (χ1) is 10.3. The Morgan fingerprint density at radius 1 is 1.33 bits per heavy atom. The number of rotatable bonds is 8. The first-order valence-corrected chi connectivity index (χ1v) is 9.61. The van der Waals surface area contributed by atoms with Gasteiger partial charge in [0.1, 0.15) is 0 Å². The Morgan fingerprint density at radius 3 is 2.76 bits per heavy atom. The van der Waals surface area contributed by atoms with Gasteiger partial charge in [-0.05, 0) is 43.0 Å². The molecule has 1 unspecified atom stereocenters.